The van der Waals surface area contributed by atoms with Gasteiger partial charge >= 0.3 is 5.97 Å². The predicted molar refractivity (Wildman–Crippen MR) is 85.2 cm³/mol. The molecule has 0 aliphatic heterocycles. The number of nitrogens with one attached hydrogen (secondary N) is 1. The number of anilines is 1. The number of benzene rings is 2. The van der Waals surface area contributed by atoms with Gasteiger partial charge in [-0.05, 0) is 18.2 Å². The molecule has 0 saturated heterocycles. The zero-order valence-electron chi connectivity index (χ0n) is 11.7. The standard InChI is InChI=1S/C17H10ClNO4/c18-9-5-6-14(12(7-9)17(22)23)19-8-13-15(20)10-3-1-2-4-11(10)16(13)21/h1-8,19H,(H,22,23). The molecule has 6 heteroatoms. The van der Waals surface area contributed by atoms with Crippen LogP contribution in [-0.2, 0) is 0 Å². The number of allylic oxidation sites excluding steroid dienone is 1. The highest BCUT2D eigenvalue weighted by Crippen LogP contribution is 2.27. The van der Waals surface area contributed by atoms with E-state index in [0.717, 1.165) is 0 Å². The number of Topliss-reactive ketones (excluding diaryl/α,β-unsaturated/α-hetero) is 2. The average molecular weight is 328 g/mol. The number of fused-ring (bicyclic) bond motifs is 1. The largest absolute Gasteiger partial charge is 0.478 e. The predicted octanol–water partition coefficient (Wildman–Crippen LogP) is 3.41. The molecule has 0 amide bonds. The van der Waals surface area contributed by atoms with Crippen LogP contribution in [0.5, 0.6) is 0 Å². The Hall–Kier alpha value is -2.92. The minimum absolute atomic E-state index is 0.0301. The Bertz CT molecular complexity index is 849. The molecule has 2 aromatic carbocycles. The third-order valence-corrected chi connectivity index (χ3v) is 3.72. The van der Waals surface area contributed by atoms with Gasteiger partial charge < -0.3 is 10.4 Å². The van der Waals surface area contributed by atoms with Crippen molar-refractivity contribution >= 4 is 34.8 Å². The maximum absolute atomic E-state index is 12.2. The lowest BCUT2D eigenvalue weighted by Crippen LogP contribution is -2.06. The molecule has 1 aliphatic carbocycles. The fraction of sp³-hybridized carbons (Fsp3) is 0. The number of carbonyl (C=O) groups is 3. The van der Waals surface area contributed by atoms with Gasteiger partial charge in [0.05, 0.1) is 16.8 Å². The van der Waals surface area contributed by atoms with Crippen LogP contribution in [-0.4, -0.2) is 22.6 Å². The molecule has 0 radical (unpaired) electrons. The van der Waals surface area contributed by atoms with Crippen LogP contribution in [0.25, 0.3) is 0 Å². The lowest BCUT2D eigenvalue weighted by atomic mass is 10.1. The van der Waals surface area contributed by atoms with Crippen molar-refractivity contribution in [3.63, 3.8) is 0 Å². The Balaban J connectivity index is 1.95. The van der Waals surface area contributed by atoms with Gasteiger partial charge in [0, 0.05) is 22.3 Å². The SMILES string of the molecule is O=C(O)c1cc(Cl)ccc1NC=C1C(=O)c2ccccc2C1=O. The molecule has 0 bridgehead atoms. The van der Waals surface area contributed by atoms with Gasteiger partial charge in [-0.25, -0.2) is 4.79 Å². The fourth-order valence-corrected chi connectivity index (χ4v) is 2.54. The van der Waals surface area contributed by atoms with E-state index in [9.17, 15) is 19.5 Å². The molecule has 114 valence electrons. The Labute approximate surface area is 136 Å². The number of halogens is 1. The molecule has 0 saturated carbocycles. The second-order valence-corrected chi connectivity index (χ2v) is 5.34. The van der Waals surface area contributed by atoms with E-state index in [2.05, 4.69) is 5.32 Å². The molecule has 2 aromatic rings. The highest BCUT2D eigenvalue weighted by molar-refractivity contribution is 6.39. The normalized spacial score (nSPS) is 13.0. The van der Waals surface area contributed by atoms with Gasteiger partial charge in [0.1, 0.15) is 0 Å². The summed E-state index contributed by atoms with van der Waals surface area (Å²) in [6.45, 7) is 0. The highest BCUT2D eigenvalue weighted by Gasteiger charge is 2.32. The molecule has 0 fully saturated rings. The maximum atomic E-state index is 12.2. The van der Waals surface area contributed by atoms with E-state index < -0.39 is 5.97 Å². The zero-order valence-corrected chi connectivity index (χ0v) is 12.4. The first-order valence-electron chi connectivity index (χ1n) is 6.67. The van der Waals surface area contributed by atoms with Crippen molar-refractivity contribution in [2.75, 3.05) is 5.32 Å². The third-order valence-electron chi connectivity index (χ3n) is 3.49. The second-order valence-electron chi connectivity index (χ2n) is 4.90. The minimum Gasteiger partial charge on any atom is -0.478 e. The number of aromatic carboxylic acids is 1. The molecule has 23 heavy (non-hydrogen) atoms. The molecule has 0 unspecified atom stereocenters. The summed E-state index contributed by atoms with van der Waals surface area (Å²) in [5.74, 6) is -1.94. The van der Waals surface area contributed by atoms with Crippen molar-refractivity contribution < 1.29 is 19.5 Å². The van der Waals surface area contributed by atoms with Crippen LogP contribution in [0.2, 0.25) is 5.02 Å². The summed E-state index contributed by atoms with van der Waals surface area (Å²) in [7, 11) is 0. The van der Waals surface area contributed by atoms with E-state index >= 15 is 0 Å². The average Bonchev–Trinajstić information content (AvgIpc) is 2.78. The van der Waals surface area contributed by atoms with Crippen molar-refractivity contribution in [1.29, 1.82) is 0 Å². The minimum atomic E-state index is -1.17. The van der Waals surface area contributed by atoms with Crippen molar-refractivity contribution in [3.8, 4) is 0 Å². The maximum Gasteiger partial charge on any atom is 0.337 e. The number of hydrogen-bond donors (Lipinski definition) is 2. The van der Waals surface area contributed by atoms with Gasteiger partial charge in [-0.3, -0.25) is 9.59 Å². The van der Waals surface area contributed by atoms with E-state index in [1.165, 1.54) is 24.4 Å². The zero-order chi connectivity index (χ0) is 16.6. The molecule has 0 heterocycles. The first kappa shape index (κ1) is 15.0. The molecule has 0 spiro atoms. The summed E-state index contributed by atoms with van der Waals surface area (Å²) in [5.41, 5.74) is 0.855. The van der Waals surface area contributed by atoms with E-state index in [4.69, 9.17) is 11.6 Å². The van der Waals surface area contributed by atoms with E-state index in [0.29, 0.717) is 11.1 Å². The van der Waals surface area contributed by atoms with Crippen LogP contribution in [0.15, 0.2) is 54.2 Å². The highest BCUT2D eigenvalue weighted by atomic mass is 35.5. The molecule has 0 aromatic heterocycles. The van der Waals surface area contributed by atoms with Gasteiger partial charge in [0.2, 0.25) is 0 Å². The Morgan fingerprint density at radius 2 is 1.65 bits per heavy atom. The van der Waals surface area contributed by atoms with Gasteiger partial charge in [-0.15, -0.1) is 0 Å². The molecule has 0 atom stereocenters. The molecule has 1 aliphatic rings. The molecule has 3 rings (SSSR count). The van der Waals surface area contributed by atoms with Gasteiger partial charge in [0.15, 0.2) is 11.6 Å². The van der Waals surface area contributed by atoms with Crippen molar-refractivity contribution in [1.82, 2.24) is 0 Å². The lowest BCUT2D eigenvalue weighted by Gasteiger charge is -2.06. The summed E-state index contributed by atoms with van der Waals surface area (Å²) in [4.78, 5) is 35.7. The van der Waals surface area contributed by atoms with Gasteiger partial charge in [-0.1, -0.05) is 35.9 Å². The van der Waals surface area contributed by atoms with Crippen molar-refractivity contribution in [2.24, 2.45) is 0 Å². The van der Waals surface area contributed by atoms with Gasteiger partial charge in [-0.2, -0.15) is 0 Å². The van der Waals surface area contributed by atoms with Crippen molar-refractivity contribution in [3.05, 3.63) is 76.0 Å². The summed E-state index contributed by atoms with van der Waals surface area (Å²) in [6.07, 6.45) is 1.24. The second kappa shape index (κ2) is 5.70. The number of carboxylic acid groups (broad SMARTS) is 1. The first-order valence-corrected chi connectivity index (χ1v) is 7.05. The molecular formula is C17H10ClNO4. The number of carboxylic acids is 1. The lowest BCUT2D eigenvalue weighted by molar-refractivity contribution is 0.0697. The quantitative estimate of drug-likeness (QED) is 0.666. The van der Waals surface area contributed by atoms with E-state index in [1.807, 2.05) is 0 Å². The monoisotopic (exact) mass is 327 g/mol. The van der Waals surface area contributed by atoms with E-state index in [-0.39, 0.29) is 33.4 Å². The first-order chi connectivity index (χ1) is 11.0. The van der Waals surface area contributed by atoms with Crippen LogP contribution >= 0.6 is 11.6 Å². The van der Waals surface area contributed by atoms with Gasteiger partial charge in [0.25, 0.3) is 0 Å². The Kier molecular flexibility index (Phi) is 3.72. The number of rotatable bonds is 3. The summed E-state index contributed by atoms with van der Waals surface area (Å²) in [6, 6.07) is 10.8. The number of hydrogen-bond acceptors (Lipinski definition) is 4. The molecule has 5 nitrogen and oxygen atoms in total. The summed E-state index contributed by atoms with van der Waals surface area (Å²) < 4.78 is 0. The van der Waals surface area contributed by atoms with Crippen LogP contribution < -0.4 is 5.32 Å². The molecular weight excluding hydrogens is 318 g/mol. The fourth-order valence-electron chi connectivity index (χ4n) is 2.37. The van der Waals surface area contributed by atoms with Crippen LogP contribution in [0.3, 0.4) is 0 Å². The van der Waals surface area contributed by atoms with E-state index in [1.54, 1.807) is 24.3 Å². The third kappa shape index (κ3) is 2.62. The van der Waals surface area contributed by atoms with Crippen molar-refractivity contribution in [2.45, 2.75) is 0 Å². The summed E-state index contributed by atoms with van der Waals surface area (Å²) in [5, 5.41) is 12.2. The Morgan fingerprint density at radius 1 is 1.04 bits per heavy atom. The Morgan fingerprint density at radius 3 is 2.22 bits per heavy atom. The summed E-state index contributed by atoms with van der Waals surface area (Å²) >= 11 is 5.78. The smallest absolute Gasteiger partial charge is 0.337 e. The van der Waals surface area contributed by atoms with Crippen LogP contribution in [0.4, 0.5) is 5.69 Å². The topological polar surface area (TPSA) is 83.5 Å². The number of ketones is 2. The molecule has 2 N–H and O–H groups in total. The van der Waals surface area contributed by atoms with Crippen LogP contribution in [0, 0.1) is 0 Å². The van der Waals surface area contributed by atoms with Crippen LogP contribution in [0.1, 0.15) is 31.1 Å². The number of carbonyl (C=O) groups excluding carboxylic acids is 2.